The molecule has 0 saturated heterocycles. The highest BCUT2D eigenvalue weighted by Crippen LogP contribution is 2.27. The van der Waals surface area contributed by atoms with Crippen LogP contribution in [0.2, 0.25) is 5.02 Å². The van der Waals surface area contributed by atoms with Crippen LogP contribution in [0.1, 0.15) is 5.56 Å². The quantitative estimate of drug-likeness (QED) is 0.795. The van der Waals surface area contributed by atoms with E-state index in [2.05, 4.69) is 5.32 Å². The standard InChI is InChI=1S/C18H20ClNO4/c1-22-16-8-7-13(11-17(16)23-2)9-10-20-18(21)12-24-15-6-4-3-5-14(15)19/h3-8,11H,9-10,12H2,1-2H3,(H,20,21). The van der Waals surface area contributed by atoms with Crippen LogP contribution in [-0.2, 0) is 11.2 Å². The highest BCUT2D eigenvalue weighted by molar-refractivity contribution is 6.32. The Labute approximate surface area is 146 Å². The van der Waals surface area contributed by atoms with Crippen LogP contribution in [-0.4, -0.2) is 33.3 Å². The summed E-state index contributed by atoms with van der Waals surface area (Å²) >= 11 is 5.97. The van der Waals surface area contributed by atoms with Crippen LogP contribution in [0.4, 0.5) is 0 Å². The van der Waals surface area contributed by atoms with Crippen molar-refractivity contribution >= 4 is 17.5 Å². The van der Waals surface area contributed by atoms with Gasteiger partial charge in [-0.05, 0) is 36.2 Å². The lowest BCUT2D eigenvalue weighted by Crippen LogP contribution is -2.30. The molecule has 2 rings (SSSR count). The molecule has 128 valence electrons. The molecule has 6 heteroatoms. The lowest BCUT2D eigenvalue weighted by molar-refractivity contribution is -0.123. The molecule has 0 aromatic heterocycles. The molecule has 0 fully saturated rings. The number of para-hydroxylation sites is 1. The summed E-state index contributed by atoms with van der Waals surface area (Å²) < 4.78 is 15.8. The van der Waals surface area contributed by atoms with Crippen molar-refractivity contribution < 1.29 is 19.0 Å². The second-order valence-corrected chi connectivity index (χ2v) is 5.42. The van der Waals surface area contributed by atoms with Gasteiger partial charge in [0.2, 0.25) is 0 Å². The Kier molecular flexibility index (Phi) is 6.75. The smallest absolute Gasteiger partial charge is 0.257 e. The average Bonchev–Trinajstić information content (AvgIpc) is 2.61. The largest absolute Gasteiger partial charge is 0.493 e. The maximum atomic E-state index is 11.8. The minimum Gasteiger partial charge on any atom is -0.493 e. The molecule has 0 radical (unpaired) electrons. The molecule has 0 aliphatic carbocycles. The van der Waals surface area contributed by atoms with Crippen molar-refractivity contribution in [3.05, 3.63) is 53.1 Å². The first-order valence-electron chi connectivity index (χ1n) is 7.49. The van der Waals surface area contributed by atoms with Gasteiger partial charge >= 0.3 is 0 Å². The van der Waals surface area contributed by atoms with Gasteiger partial charge in [0.25, 0.3) is 5.91 Å². The number of rotatable bonds is 8. The molecule has 0 atom stereocenters. The maximum Gasteiger partial charge on any atom is 0.257 e. The van der Waals surface area contributed by atoms with Gasteiger partial charge in [0, 0.05) is 6.54 Å². The van der Waals surface area contributed by atoms with Crippen molar-refractivity contribution in [3.63, 3.8) is 0 Å². The number of amides is 1. The Morgan fingerprint density at radius 3 is 2.50 bits per heavy atom. The van der Waals surface area contributed by atoms with Crippen molar-refractivity contribution in [2.75, 3.05) is 27.4 Å². The van der Waals surface area contributed by atoms with Crippen LogP contribution in [0.25, 0.3) is 0 Å². The molecular formula is C18H20ClNO4. The van der Waals surface area contributed by atoms with Crippen LogP contribution < -0.4 is 19.5 Å². The number of carbonyl (C=O) groups excluding carboxylic acids is 1. The molecule has 5 nitrogen and oxygen atoms in total. The molecule has 0 spiro atoms. The van der Waals surface area contributed by atoms with Crippen LogP contribution in [0.5, 0.6) is 17.2 Å². The maximum absolute atomic E-state index is 11.8. The summed E-state index contributed by atoms with van der Waals surface area (Å²) in [5.74, 6) is 1.64. The summed E-state index contributed by atoms with van der Waals surface area (Å²) in [6.07, 6.45) is 0.679. The van der Waals surface area contributed by atoms with E-state index in [1.807, 2.05) is 18.2 Å². The number of halogens is 1. The van der Waals surface area contributed by atoms with E-state index < -0.39 is 0 Å². The fraction of sp³-hybridized carbons (Fsp3) is 0.278. The molecule has 1 amide bonds. The predicted octanol–water partition coefficient (Wildman–Crippen LogP) is 3.09. The van der Waals surface area contributed by atoms with Crippen molar-refractivity contribution in [1.82, 2.24) is 5.32 Å². The summed E-state index contributed by atoms with van der Waals surface area (Å²) in [5.41, 5.74) is 1.04. The van der Waals surface area contributed by atoms with Crippen LogP contribution in [0.3, 0.4) is 0 Å². The zero-order valence-electron chi connectivity index (χ0n) is 13.7. The van der Waals surface area contributed by atoms with E-state index in [0.717, 1.165) is 5.56 Å². The molecule has 0 unspecified atom stereocenters. The van der Waals surface area contributed by atoms with E-state index in [0.29, 0.717) is 35.2 Å². The molecule has 0 aliphatic heterocycles. The Hall–Kier alpha value is -2.40. The highest BCUT2D eigenvalue weighted by atomic mass is 35.5. The van der Waals surface area contributed by atoms with Crippen molar-refractivity contribution in [2.24, 2.45) is 0 Å². The fourth-order valence-electron chi connectivity index (χ4n) is 2.14. The molecule has 1 N–H and O–H groups in total. The Morgan fingerprint density at radius 2 is 1.79 bits per heavy atom. The number of hydrogen-bond donors (Lipinski definition) is 1. The van der Waals surface area contributed by atoms with E-state index in [4.69, 9.17) is 25.8 Å². The van der Waals surface area contributed by atoms with E-state index >= 15 is 0 Å². The predicted molar refractivity (Wildman–Crippen MR) is 93.2 cm³/mol. The van der Waals surface area contributed by atoms with Gasteiger partial charge in [0.15, 0.2) is 18.1 Å². The first kappa shape index (κ1) is 17.9. The SMILES string of the molecule is COc1ccc(CCNC(=O)COc2ccccc2Cl)cc1OC. The van der Waals surface area contributed by atoms with Crippen molar-refractivity contribution in [2.45, 2.75) is 6.42 Å². The molecule has 0 heterocycles. The van der Waals surface area contributed by atoms with Crippen LogP contribution >= 0.6 is 11.6 Å². The lowest BCUT2D eigenvalue weighted by Gasteiger charge is -2.11. The molecular weight excluding hydrogens is 330 g/mol. The second-order valence-electron chi connectivity index (χ2n) is 5.01. The average molecular weight is 350 g/mol. The van der Waals surface area contributed by atoms with Crippen LogP contribution in [0, 0.1) is 0 Å². The van der Waals surface area contributed by atoms with Gasteiger partial charge < -0.3 is 19.5 Å². The Bertz CT molecular complexity index is 690. The lowest BCUT2D eigenvalue weighted by atomic mass is 10.1. The zero-order valence-corrected chi connectivity index (χ0v) is 14.4. The molecule has 2 aromatic carbocycles. The topological polar surface area (TPSA) is 56.8 Å². The second kappa shape index (κ2) is 9.03. The molecule has 0 saturated carbocycles. The van der Waals surface area contributed by atoms with Crippen LogP contribution in [0.15, 0.2) is 42.5 Å². The van der Waals surface area contributed by atoms with Crippen molar-refractivity contribution in [3.8, 4) is 17.2 Å². The van der Waals surface area contributed by atoms with E-state index in [1.54, 1.807) is 38.5 Å². The first-order chi connectivity index (χ1) is 11.6. The van der Waals surface area contributed by atoms with E-state index in [9.17, 15) is 4.79 Å². The third-order valence-corrected chi connectivity index (χ3v) is 3.69. The van der Waals surface area contributed by atoms with Gasteiger partial charge in [-0.1, -0.05) is 29.8 Å². The van der Waals surface area contributed by atoms with Crippen molar-refractivity contribution in [1.29, 1.82) is 0 Å². The minimum atomic E-state index is -0.199. The minimum absolute atomic E-state index is 0.0737. The molecule has 0 bridgehead atoms. The van der Waals surface area contributed by atoms with E-state index in [1.165, 1.54) is 0 Å². The zero-order chi connectivity index (χ0) is 17.4. The van der Waals surface area contributed by atoms with E-state index in [-0.39, 0.29) is 12.5 Å². The van der Waals surface area contributed by atoms with Gasteiger partial charge in [0.1, 0.15) is 5.75 Å². The normalized spacial score (nSPS) is 10.1. The third kappa shape index (κ3) is 5.06. The Morgan fingerprint density at radius 1 is 1.04 bits per heavy atom. The summed E-state index contributed by atoms with van der Waals surface area (Å²) in [7, 11) is 3.19. The fourth-order valence-corrected chi connectivity index (χ4v) is 2.33. The number of carbonyl (C=O) groups is 1. The van der Waals surface area contributed by atoms with Gasteiger partial charge in [-0.2, -0.15) is 0 Å². The van der Waals surface area contributed by atoms with Gasteiger partial charge in [-0.25, -0.2) is 0 Å². The third-order valence-electron chi connectivity index (χ3n) is 3.38. The van der Waals surface area contributed by atoms with Gasteiger partial charge in [-0.15, -0.1) is 0 Å². The monoisotopic (exact) mass is 349 g/mol. The summed E-state index contributed by atoms with van der Waals surface area (Å²) in [6.45, 7) is 0.426. The van der Waals surface area contributed by atoms with Gasteiger partial charge in [0.05, 0.1) is 19.2 Å². The summed E-state index contributed by atoms with van der Waals surface area (Å²) in [5, 5.41) is 3.29. The molecule has 2 aromatic rings. The number of ether oxygens (including phenoxy) is 3. The number of methoxy groups -OCH3 is 2. The Balaban J connectivity index is 1.77. The number of nitrogens with one attached hydrogen (secondary N) is 1. The summed E-state index contributed by atoms with van der Waals surface area (Å²) in [6, 6.07) is 12.7. The molecule has 24 heavy (non-hydrogen) atoms. The number of hydrogen-bond acceptors (Lipinski definition) is 4. The van der Waals surface area contributed by atoms with Gasteiger partial charge in [-0.3, -0.25) is 4.79 Å². The number of benzene rings is 2. The summed E-state index contributed by atoms with van der Waals surface area (Å²) in [4.78, 5) is 11.8. The molecule has 0 aliphatic rings. The first-order valence-corrected chi connectivity index (χ1v) is 7.86. The highest BCUT2D eigenvalue weighted by Gasteiger charge is 2.07.